The molecule has 0 aromatic rings. The van der Waals surface area contributed by atoms with Crippen LogP contribution in [-0.2, 0) is 9.59 Å². The van der Waals surface area contributed by atoms with E-state index in [0.717, 1.165) is 6.42 Å². The van der Waals surface area contributed by atoms with Crippen LogP contribution >= 0.6 is 22.6 Å². The fourth-order valence-electron chi connectivity index (χ4n) is 2.92. The first-order valence-corrected chi connectivity index (χ1v) is 7.59. The summed E-state index contributed by atoms with van der Waals surface area (Å²) in [5.74, 6) is 0.106. The van der Waals surface area contributed by atoms with Gasteiger partial charge in [0.05, 0.1) is 0 Å². The van der Waals surface area contributed by atoms with E-state index in [0.29, 0.717) is 6.42 Å². The summed E-state index contributed by atoms with van der Waals surface area (Å²) >= 11 is 2.37. The fraction of sp³-hybridized carbons (Fsp3) is 0.857. The van der Waals surface area contributed by atoms with Crippen LogP contribution in [0.1, 0.15) is 54.4 Å². The van der Waals surface area contributed by atoms with Gasteiger partial charge in [-0.25, -0.2) is 0 Å². The topological polar surface area (TPSA) is 37.4 Å². The largest absolute Gasteiger partial charge is 0.277 e. The summed E-state index contributed by atoms with van der Waals surface area (Å²) in [7, 11) is 0. The SMILES string of the molecule is CC(C)C1CC(=O)N(C(C)(C)CC(C)(C)I)C1=O. The van der Waals surface area contributed by atoms with E-state index in [4.69, 9.17) is 0 Å². The Morgan fingerprint density at radius 3 is 2.11 bits per heavy atom. The average Bonchev–Trinajstić information content (AvgIpc) is 2.37. The first-order valence-electron chi connectivity index (χ1n) is 6.51. The zero-order valence-corrected chi connectivity index (χ0v) is 14.4. The maximum absolute atomic E-state index is 12.4. The van der Waals surface area contributed by atoms with Crippen molar-refractivity contribution < 1.29 is 9.59 Å². The summed E-state index contributed by atoms with van der Waals surface area (Å²) < 4.78 is 0.0672. The van der Waals surface area contributed by atoms with E-state index < -0.39 is 5.54 Å². The summed E-state index contributed by atoms with van der Waals surface area (Å²) in [5.41, 5.74) is -0.400. The number of hydrogen-bond donors (Lipinski definition) is 0. The number of rotatable bonds is 4. The summed E-state index contributed by atoms with van der Waals surface area (Å²) in [5, 5.41) is 0. The number of carbonyl (C=O) groups excluding carboxylic acids is 2. The predicted molar refractivity (Wildman–Crippen MR) is 81.6 cm³/mol. The first-order chi connectivity index (χ1) is 7.96. The van der Waals surface area contributed by atoms with Crippen LogP contribution in [0.15, 0.2) is 0 Å². The van der Waals surface area contributed by atoms with Crippen LogP contribution in [0.5, 0.6) is 0 Å². The van der Waals surface area contributed by atoms with E-state index in [2.05, 4.69) is 36.4 Å². The lowest BCUT2D eigenvalue weighted by Crippen LogP contribution is -2.50. The number of likely N-dealkylation sites (tertiary alicyclic amines) is 1. The van der Waals surface area contributed by atoms with Crippen LogP contribution in [0.25, 0.3) is 0 Å². The van der Waals surface area contributed by atoms with E-state index in [1.165, 1.54) is 4.90 Å². The Bertz CT molecular complexity index is 355. The van der Waals surface area contributed by atoms with Gasteiger partial charge in [0.1, 0.15) is 0 Å². The van der Waals surface area contributed by atoms with Crippen molar-refractivity contribution in [2.24, 2.45) is 11.8 Å². The lowest BCUT2D eigenvalue weighted by atomic mass is 9.90. The van der Waals surface area contributed by atoms with E-state index in [1.807, 2.05) is 27.7 Å². The van der Waals surface area contributed by atoms with Gasteiger partial charge in [-0.1, -0.05) is 50.3 Å². The van der Waals surface area contributed by atoms with Gasteiger partial charge in [-0.2, -0.15) is 0 Å². The van der Waals surface area contributed by atoms with Crippen molar-refractivity contribution in [3.63, 3.8) is 0 Å². The lowest BCUT2D eigenvalue weighted by Gasteiger charge is -2.38. The van der Waals surface area contributed by atoms with E-state index >= 15 is 0 Å². The highest BCUT2D eigenvalue weighted by Gasteiger charge is 2.47. The van der Waals surface area contributed by atoms with E-state index in [1.54, 1.807) is 0 Å². The number of nitrogens with zero attached hydrogens (tertiary/aromatic N) is 1. The highest BCUT2D eigenvalue weighted by atomic mass is 127. The van der Waals surface area contributed by atoms with Crippen LogP contribution in [0.4, 0.5) is 0 Å². The Hall–Kier alpha value is -0.130. The first kappa shape index (κ1) is 15.9. The van der Waals surface area contributed by atoms with Gasteiger partial charge in [-0.3, -0.25) is 14.5 Å². The molecule has 0 spiro atoms. The molecular formula is C14H24INO2. The number of alkyl halides is 1. The van der Waals surface area contributed by atoms with Crippen molar-refractivity contribution in [1.82, 2.24) is 4.90 Å². The highest BCUT2D eigenvalue weighted by Crippen LogP contribution is 2.37. The lowest BCUT2D eigenvalue weighted by molar-refractivity contribution is -0.146. The van der Waals surface area contributed by atoms with Crippen molar-refractivity contribution in [2.45, 2.75) is 63.3 Å². The third-order valence-corrected chi connectivity index (χ3v) is 3.83. The minimum Gasteiger partial charge on any atom is -0.277 e. The third kappa shape index (κ3) is 3.45. The molecule has 0 aromatic carbocycles. The molecule has 18 heavy (non-hydrogen) atoms. The minimum absolute atomic E-state index is 0.00986. The van der Waals surface area contributed by atoms with Crippen LogP contribution in [0.3, 0.4) is 0 Å². The summed E-state index contributed by atoms with van der Waals surface area (Å²) in [6.45, 7) is 12.3. The standard InChI is InChI=1S/C14H24INO2/c1-9(2)10-7-11(17)16(12(10)18)14(5,6)8-13(3,4)15/h9-10H,7-8H2,1-6H3. The van der Waals surface area contributed by atoms with Gasteiger partial charge in [0.15, 0.2) is 0 Å². The molecule has 0 N–H and O–H groups in total. The van der Waals surface area contributed by atoms with Gasteiger partial charge in [-0.15, -0.1) is 0 Å². The molecule has 104 valence electrons. The molecule has 1 aliphatic rings. The van der Waals surface area contributed by atoms with Crippen LogP contribution in [0, 0.1) is 11.8 Å². The van der Waals surface area contributed by atoms with Crippen LogP contribution in [0.2, 0.25) is 0 Å². The van der Waals surface area contributed by atoms with Crippen molar-refractivity contribution in [2.75, 3.05) is 0 Å². The molecular weight excluding hydrogens is 341 g/mol. The maximum Gasteiger partial charge on any atom is 0.233 e. The Balaban J connectivity index is 2.95. The molecule has 2 amide bonds. The second kappa shape index (κ2) is 5.10. The predicted octanol–water partition coefficient (Wildman–Crippen LogP) is 3.40. The van der Waals surface area contributed by atoms with Crippen LogP contribution < -0.4 is 0 Å². The quantitative estimate of drug-likeness (QED) is 0.435. The second-order valence-corrected chi connectivity index (χ2v) is 9.75. The van der Waals surface area contributed by atoms with Crippen molar-refractivity contribution in [3.05, 3.63) is 0 Å². The van der Waals surface area contributed by atoms with Gasteiger partial charge in [0.2, 0.25) is 11.8 Å². The molecule has 1 atom stereocenters. The summed E-state index contributed by atoms with van der Waals surface area (Å²) in [4.78, 5) is 26.0. The minimum atomic E-state index is -0.400. The molecule has 1 rings (SSSR count). The van der Waals surface area contributed by atoms with E-state index in [-0.39, 0.29) is 27.1 Å². The zero-order valence-electron chi connectivity index (χ0n) is 12.2. The Labute approximate surface area is 124 Å². The molecule has 0 saturated carbocycles. The normalized spacial score (nSPS) is 22.2. The smallest absolute Gasteiger partial charge is 0.233 e. The Kier molecular flexibility index (Phi) is 4.51. The molecule has 3 nitrogen and oxygen atoms in total. The van der Waals surface area contributed by atoms with Gasteiger partial charge < -0.3 is 0 Å². The van der Waals surface area contributed by atoms with Gasteiger partial charge in [-0.05, 0) is 26.2 Å². The number of imide groups is 1. The van der Waals surface area contributed by atoms with Crippen LogP contribution in [-0.4, -0.2) is 25.7 Å². The van der Waals surface area contributed by atoms with Crippen molar-refractivity contribution >= 4 is 34.4 Å². The Morgan fingerprint density at radius 2 is 1.78 bits per heavy atom. The number of carbonyl (C=O) groups is 2. The molecule has 0 aromatic heterocycles. The molecule has 1 aliphatic heterocycles. The van der Waals surface area contributed by atoms with Gasteiger partial charge >= 0.3 is 0 Å². The average molecular weight is 365 g/mol. The summed E-state index contributed by atoms with van der Waals surface area (Å²) in [6, 6.07) is 0. The molecule has 0 bridgehead atoms. The van der Waals surface area contributed by atoms with Gasteiger partial charge in [0, 0.05) is 21.3 Å². The second-order valence-electron chi connectivity index (χ2n) is 6.83. The number of amides is 2. The fourth-order valence-corrected chi connectivity index (χ4v) is 3.85. The molecule has 1 saturated heterocycles. The summed E-state index contributed by atoms with van der Waals surface area (Å²) in [6.07, 6.45) is 1.18. The van der Waals surface area contributed by atoms with Crippen molar-refractivity contribution in [3.8, 4) is 0 Å². The van der Waals surface area contributed by atoms with Gasteiger partial charge in [0.25, 0.3) is 0 Å². The monoisotopic (exact) mass is 365 g/mol. The number of halogens is 1. The van der Waals surface area contributed by atoms with Crippen molar-refractivity contribution in [1.29, 1.82) is 0 Å². The molecule has 1 fully saturated rings. The number of hydrogen-bond acceptors (Lipinski definition) is 2. The molecule has 0 aliphatic carbocycles. The molecule has 0 radical (unpaired) electrons. The van der Waals surface area contributed by atoms with E-state index in [9.17, 15) is 9.59 Å². The highest BCUT2D eigenvalue weighted by molar-refractivity contribution is 14.1. The zero-order chi connectivity index (χ0) is 14.3. The Morgan fingerprint density at radius 1 is 1.28 bits per heavy atom. The molecule has 1 unspecified atom stereocenters. The molecule has 1 heterocycles. The maximum atomic E-state index is 12.4. The third-order valence-electron chi connectivity index (χ3n) is 3.44. The molecule has 4 heteroatoms.